The first kappa shape index (κ1) is 18.0. The van der Waals surface area contributed by atoms with Crippen LogP contribution in [0.25, 0.3) is 0 Å². The largest absolute Gasteiger partial charge is 0.480 e. The predicted octanol–water partition coefficient (Wildman–Crippen LogP) is 2.60. The van der Waals surface area contributed by atoms with Crippen LogP contribution in [0.2, 0.25) is 0 Å². The summed E-state index contributed by atoms with van der Waals surface area (Å²) in [5, 5.41) is 8.85. The minimum absolute atomic E-state index is 0.293. The summed E-state index contributed by atoms with van der Waals surface area (Å²) < 4.78 is 52.3. The van der Waals surface area contributed by atoms with Crippen molar-refractivity contribution < 1.29 is 27.1 Å². The van der Waals surface area contributed by atoms with Gasteiger partial charge >= 0.3 is 5.97 Å². The van der Waals surface area contributed by atoms with Gasteiger partial charge in [-0.25, -0.2) is 17.2 Å². The fraction of sp³-hybridized carbons (Fsp3) is 0.417. The van der Waals surface area contributed by atoms with Gasteiger partial charge in [0.1, 0.15) is 23.1 Å². The molecule has 0 amide bonds. The van der Waals surface area contributed by atoms with E-state index in [2.05, 4.69) is 15.9 Å². The molecule has 118 valence electrons. The lowest BCUT2D eigenvalue weighted by molar-refractivity contribution is -0.137. The lowest BCUT2D eigenvalue weighted by Gasteiger charge is -2.26. The van der Waals surface area contributed by atoms with Crippen LogP contribution in [0.4, 0.5) is 8.78 Å². The maximum absolute atomic E-state index is 13.8. The highest BCUT2D eigenvalue weighted by molar-refractivity contribution is 9.10. The van der Waals surface area contributed by atoms with E-state index in [9.17, 15) is 22.0 Å². The Morgan fingerprint density at radius 3 is 2.43 bits per heavy atom. The SMILES string of the molecule is CCC(C)N(CC(=O)O)S(=O)(=O)c1c(F)cc(F)cc1Br. The first-order chi connectivity index (χ1) is 9.61. The molecule has 0 heterocycles. The van der Waals surface area contributed by atoms with Crippen LogP contribution in [-0.2, 0) is 14.8 Å². The molecular weight excluding hydrogens is 372 g/mol. The van der Waals surface area contributed by atoms with Crippen molar-refractivity contribution in [2.75, 3.05) is 6.54 Å². The molecular formula is C12H14BrF2NO4S. The van der Waals surface area contributed by atoms with Crippen LogP contribution in [0.1, 0.15) is 20.3 Å². The Kier molecular flexibility index (Phi) is 5.83. The number of hydrogen-bond donors (Lipinski definition) is 1. The van der Waals surface area contributed by atoms with E-state index in [1.165, 1.54) is 6.92 Å². The van der Waals surface area contributed by atoms with Crippen LogP contribution in [0.15, 0.2) is 21.5 Å². The summed E-state index contributed by atoms with van der Waals surface area (Å²) in [6.07, 6.45) is 0.340. The third-order valence-corrected chi connectivity index (χ3v) is 5.83. The number of carboxylic acid groups (broad SMARTS) is 1. The molecule has 21 heavy (non-hydrogen) atoms. The van der Waals surface area contributed by atoms with Crippen molar-refractivity contribution in [1.29, 1.82) is 0 Å². The molecule has 0 saturated heterocycles. The fourth-order valence-electron chi connectivity index (χ4n) is 1.71. The van der Waals surface area contributed by atoms with Crippen LogP contribution >= 0.6 is 15.9 Å². The van der Waals surface area contributed by atoms with Crippen LogP contribution in [0, 0.1) is 11.6 Å². The third kappa shape index (κ3) is 3.98. The molecule has 0 aliphatic rings. The normalized spacial score (nSPS) is 13.4. The van der Waals surface area contributed by atoms with Gasteiger partial charge in [0, 0.05) is 16.6 Å². The summed E-state index contributed by atoms with van der Waals surface area (Å²) in [4.78, 5) is 10.1. The zero-order valence-corrected chi connectivity index (χ0v) is 13.7. The van der Waals surface area contributed by atoms with E-state index in [-0.39, 0.29) is 4.47 Å². The van der Waals surface area contributed by atoms with E-state index in [0.29, 0.717) is 16.8 Å². The van der Waals surface area contributed by atoms with Gasteiger partial charge in [-0.15, -0.1) is 0 Å². The van der Waals surface area contributed by atoms with E-state index in [4.69, 9.17) is 5.11 Å². The van der Waals surface area contributed by atoms with Crippen molar-refractivity contribution in [3.63, 3.8) is 0 Å². The number of nitrogens with zero attached hydrogens (tertiary/aromatic N) is 1. The molecule has 1 atom stereocenters. The number of carbonyl (C=O) groups is 1. The first-order valence-electron chi connectivity index (χ1n) is 5.99. The molecule has 9 heteroatoms. The molecule has 1 unspecified atom stereocenters. The third-order valence-electron chi connectivity index (χ3n) is 2.90. The Morgan fingerprint density at radius 1 is 1.43 bits per heavy atom. The summed E-state index contributed by atoms with van der Waals surface area (Å²) in [6.45, 7) is 2.38. The van der Waals surface area contributed by atoms with Crippen molar-refractivity contribution >= 4 is 31.9 Å². The van der Waals surface area contributed by atoms with Gasteiger partial charge in [-0.1, -0.05) is 6.92 Å². The van der Waals surface area contributed by atoms with Crippen LogP contribution in [0.5, 0.6) is 0 Å². The molecule has 1 N–H and O–H groups in total. The Morgan fingerprint density at radius 2 is 2.00 bits per heavy atom. The molecule has 0 aromatic heterocycles. The van der Waals surface area contributed by atoms with Gasteiger partial charge < -0.3 is 5.11 Å². The topological polar surface area (TPSA) is 74.7 Å². The maximum atomic E-state index is 13.8. The van der Waals surface area contributed by atoms with Crippen molar-refractivity contribution in [3.05, 3.63) is 28.2 Å². The lowest BCUT2D eigenvalue weighted by Crippen LogP contribution is -2.42. The molecule has 0 bridgehead atoms. The second-order valence-corrected chi connectivity index (χ2v) is 7.08. The number of rotatable bonds is 6. The van der Waals surface area contributed by atoms with Gasteiger partial charge in [0.2, 0.25) is 10.0 Å². The number of sulfonamides is 1. The number of benzene rings is 1. The first-order valence-corrected chi connectivity index (χ1v) is 8.22. The Bertz CT molecular complexity index is 628. The van der Waals surface area contributed by atoms with Crippen molar-refractivity contribution in [3.8, 4) is 0 Å². The Labute approximate surface area is 129 Å². The fourth-order valence-corrected chi connectivity index (χ4v) is 4.48. The summed E-state index contributed by atoms with van der Waals surface area (Å²) in [5.74, 6) is -3.58. The van der Waals surface area contributed by atoms with E-state index in [1.807, 2.05) is 0 Å². The highest BCUT2D eigenvalue weighted by Crippen LogP contribution is 2.30. The van der Waals surface area contributed by atoms with Gasteiger partial charge in [0.25, 0.3) is 0 Å². The molecule has 5 nitrogen and oxygen atoms in total. The molecule has 0 saturated carbocycles. The number of hydrogen-bond acceptors (Lipinski definition) is 3. The molecule has 0 aliphatic heterocycles. The average Bonchev–Trinajstić information content (AvgIpc) is 2.32. The average molecular weight is 386 g/mol. The number of halogens is 3. The molecule has 1 aromatic carbocycles. The lowest BCUT2D eigenvalue weighted by atomic mass is 10.2. The van der Waals surface area contributed by atoms with Gasteiger partial charge in [-0.05, 0) is 35.3 Å². The summed E-state index contributed by atoms with van der Waals surface area (Å²) in [7, 11) is -4.42. The molecule has 0 spiro atoms. The van der Waals surface area contributed by atoms with E-state index in [1.54, 1.807) is 6.92 Å². The molecule has 0 fully saturated rings. The summed E-state index contributed by atoms with van der Waals surface area (Å²) >= 11 is 2.81. The quantitative estimate of drug-likeness (QED) is 0.816. The second-order valence-electron chi connectivity index (χ2n) is 4.40. The van der Waals surface area contributed by atoms with Gasteiger partial charge in [-0.3, -0.25) is 4.79 Å². The van der Waals surface area contributed by atoms with Crippen molar-refractivity contribution in [2.24, 2.45) is 0 Å². The minimum atomic E-state index is -4.42. The van der Waals surface area contributed by atoms with Gasteiger partial charge in [0.15, 0.2) is 0 Å². The van der Waals surface area contributed by atoms with E-state index < -0.39 is 45.1 Å². The Hall–Kier alpha value is -1.06. The smallest absolute Gasteiger partial charge is 0.318 e. The number of carboxylic acids is 1. The summed E-state index contributed by atoms with van der Waals surface area (Å²) in [6, 6.07) is 0.598. The van der Waals surface area contributed by atoms with Gasteiger partial charge in [0.05, 0.1) is 0 Å². The molecule has 1 rings (SSSR count). The predicted molar refractivity (Wildman–Crippen MR) is 75.3 cm³/mol. The molecule has 0 aliphatic carbocycles. The van der Waals surface area contributed by atoms with Crippen LogP contribution in [0.3, 0.4) is 0 Å². The molecule has 0 radical (unpaired) electrons. The molecule has 1 aromatic rings. The van der Waals surface area contributed by atoms with Crippen molar-refractivity contribution in [1.82, 2.24) is 4.31 Å². The minimum Gasteiger partial charge on any atom is -0.480 e. The van der Waals surface area contributed by atoms with Crippen molar-refractivity contribution in [2.45, 2.75) is 31.2 Å². The van der Waals surface area contributed by atoms with E-state index >= 15 is 0 Å². The van der Waals surface area contributed by atoms with Crippen LogP contribution < -0.4 is 0 Å². The highest BCUT2D eigenvalue weighted by Gasteiger charge is 2.34. The van der Waals surface area contributed by atoms with E-state index in [0.717, 1.165) is 6.07 Å². The highest BCUT2D eigenvalue weighted by atomic mass is 79.9. The van der Waals surface area contributed by atoms with Crippen LogP contribution in [-0.4, -0.2) is 36.4 Å². The standard InChI is InChI=1S/C12H14BrF2NO4S/c1-3-7(2)16(6-11(17)18)21(19,20)12-9(13)4-8(14)5-10(12)15/h4-5,7H,3,6H2,1-2H3,(H,17,18). The monoisotopic (exact) mass is 385 g/mol. The maximum Gasteiger partial charge on any atom is 0.318 e. The zero-order chi connectivity index (χ0) is 16.4. The summed E-state index contributed by atoms with van der Waals surface area (Å²) in [5.41, 5.74) is 0. The zero-order valence-electron chi connectivity index (χ0n) is 11.3. The number of aliphatic carboxylic acids is 1. The Balaban J connectivity index is 3.46. The second kappa shape index (κ2) is 6.80. The van der Waals surface area contributed by atoms with Gasteiger partial charge in [-0.2, -0.15) is 4.31 Å².